The van der Waals surface area contributed by atoms with E-state index in [1.54, 1.807) is 0 Å². The van der Waals surface area contributed by atoms with Gasteiger partial charge >= 0.3 is 0 Å². The zero-order chi connectivity index (χ0) is 16.0. The average Bonchev–Trinajstić information content (AvgIpc) is 2.39. The van der Waals surface area contributed by atoms with E-state index in [1.165, 1.54) is 5.56 Å². The third-order valence-electron chi connectivity index (χ3n) is 3.66. The minimum absolute atomic E-state index is 0.103. The largest absolute Gasteiger partial charge is 0.490 e. The van der Waals surface area contributed by atoms with Crippen molar-refractivity contribution >= 4 is 5.91 Å². The Kier molecular flexibility index (Phi) is 6.21. The first kappa shape index (κ1) is 17.5. The minimum Gasteiger partial charge on any atom is -0.490 e. The maximum Gasteiger partial charge on any atom is 0.237 e. The topological polar surface area (TPSA) is 64.3 Å². The Labute approximate surface area is 128 Å². The van der Waals surface area contributed by atoms with Crippen molar-refractivity contribution in [3.8, 4) is 5.75 Å². The maximum atomic E-state index is 11.7. The molecule has 4 nitrogen and oxygen atoms in total. The molecule has 4 heteroatoms. The fourth-order valence-electron chi connectivity index (χ4n) is 2.43. The summed E-state index contributed by atoms with van der Waals surface area (Å²) in [5.74, 6) is 0.516. The molecule has 1 amide bonds. The van der Waals surface area contributed by atoms with Crippen LogP contribution in [0.15, 0.2) is 18.2 Å². The third kappa shape index (κ3) is 5.05. The van der Waals surface area contributed by atoms with Crippen LogP contribution in [-0.4, -0.2) is 24.1 Å². The van der Waals surface area contributed by atoms with Crippen molar-refractivity contribution in [2.75, 3.05) is 6.54 Å². The van der Waals surface area contributed by atoms with Crippen molar-refractivity contribution in [2.24, 2.45) is 5.73 Å². The molecule has 0 heterocycles. The third-order valence-corrected chi connectivity index (χ3v) is 3.66. The second-order valence-corrected chi connectivity index (χ2v) is 6.02. The number of ether oxygens (including phenoxy) is 1. The molecular formula is C17H28N2O2. The van der Waals surface area contributed by atoms with E-state index in [2.05, 4.69) is 25.2 Å². The molecule has 0 saturated heterocycles. The first-order valence-corrected chi connectivity index (χ1v) is 7.57. The normalized spacial score (nSPS) is 15.3. The molecule has 118 valence electrons. The van der Waals surface area contributed by atoms with Crippen LogP contribution >= 0.6 is 0 Å². The lowest BCUT2D eigenvalue weighted by atomic mass is 9.93. The Morgan fingerprint density at radius 1 is 1.43 bits per heavy atom. The summed E-state index contributed by atoms with van der Waals surface area (Å²) in [6.07, 6.45) is 1.39. The summed E-state index contributed by atoms with van der Waals surface area (Å²) >= 11 is 0. The average molecular weight is 292 g/mol. The summed E-state index contributed by atoms with van der Waals surface area (Å²) < 4.78 is 5.98. The summed E-state index contributed by atoms with van der Waals surface area (Å²) in [5.41, 5.74) is 7.11. The smallest absolute Gasteiger partial charge is 0.237 e. The van der Waals surface area contributed by atoms with Crippen molar-refractivity contribution in [1.82, 2.24) is 5.32 Å². The predicted molar refractivity (Wildman–Crippen MR) is 86.5 cm³/mol. The molecule has 0 aromatic heterocycles. The Morgan fingerprint density at radius 2 is 2.10 bits per heavy atom. The molecule has 3 N–H and O–H groups in total. The van der Waals surface area contributed by atoms with Crippen LogP contribution in [0, 0.1) is 13.8 Å². The number of nitrogens with one attached hydrogen (secondary N) is 1. The van der Waals surface area contributed by atoms with E-state index < -0.39 is 5.54 Å². The second kappa shape index (κ2) is 7.46. The van der Waals surface area contributed by atoms with Gasteiger partial charge in [-0.05, 0) is 52.3 Å². The van der Waals surface area contributed by atoms with Crippen LogP contribution in [-0.2, 0) is 4.79 Å². The lowest BCUT2D eigenvalue weighted by Crippen LogP contribution is -2.55. The lowest BCUT2D eigenvalue weighted by Gasteiger charge is -2.30. The number of hydrogen-bond donors (Lipinski definition) is 2. The van der Waals surface area contributed by atoms with Crippen molar-refractivity contribution in [1.29, 1.82) is 0 Å². The molecule has 2 unspecified atom stereocenters. The minimum atomic E-state index is -0.742. The van der Waals surface area contributed by atoms with E-state index in [-0.39, 0.29) is 12.0 Å². The SMILES string of the molecule is CCCNC(C)(CC(C)Oc1ccc(C)cc1C)C(N)=O. The molecule has 1 rings (SSSR count). The van der Waals surface area contributed by atoms with Gasteiger partial charge in [0.05, 0.1) is 11.6 Å². The van der Waals surface area contributed by atoms with E-state index in [0.717, 1.165) is 24.3 Å². The van der Waals surface area contributed by atoms with Gasteiger partial charge in [0.25, 0.3) is 0 Å². The van der Waals surface area contributed by atoms with Crippen LogP contribution < -0.4 is 15.8 Å². The van der Waals surface area contributed by atoms with Gasteiger partial charge in [0, 0.05) is 6.42 Å². The molecule has 0 saturated carbocycles. The Morgan fingerprint density at radius 3 is 2.62 bits per heavy atom. The molecule has 0 radical (unpaired) electrons. The number of amides is 1. The molecular weight excluding hydrogens is 264 g/mol. The van der Waals surface area contributed by atoms with E-state index in [1.807, 2.05) is 32.9 Å². The fourth-order valence-corrected chi connectivity index (χ4v) is 2.43. The van der Waals surface area contributed by atoms with E-state index in [9.17, 15) is 4.79 Å². The second-order valence-electron chi connectivity index (χ2n) is 6.02. The fraction of sp³-hybridized carbons (Fsp3) is 0.588. The summed E-state index contributed by atoms with van der Waals surface area (Å²) in [6, 6.07) is 6.09. The van der Waals surface area contributed by atoms with Crippen LogP contribution in [0.25, 0.3) is 0 Å². The molecule has 1 aromatic carbocycles. The van der Waals surface area contributed by atoms with Gasteiger partial charge in [0.15, 0.2) is 0 Å². The number of benzene rings is 1. The maximum absolute atomic E-state index is 11.7. The summed E-state index contributed by atoms with van der Waals surface area (Å²) in [7, 11) is 0. The van der Waals surface area contributed by atoms with Crippen LogP contribution in [0.3, 0.4) is 0 Å². The highest BCUT2D eigenvalue weighted by Crippen LogP contribution is 2.23. The van der Waals surface area contributed by atoms with Crippen LogP contribution in [0.2, 0.25) is 0 Å². The van der Waals surface area contributed by atoms with E-state index in [0.29, 0.717) is 6.42 Å². The van der Waals surface area contributed by atoms with Crippen LogP contribution in [0.1, 0.15) is 44.7 Å². The number of nitrogens with two attached hydrogens (primary N) is 1. The van der Waals surface area contributed by atoms with Gasteiger partial charge < -0.3 is 15.8 Å². The van der Waals surface area contributed by atoms with Gasteiger partial charge in [-0.2, -0.15) is 0 Å². The monoisotopic (exact) mass is 292 g/mol. The lowest BCUT2D eigenvalue weighted by molar-refractivity contribution is -0.124. The molecule has 0 bridgehead atoms. The van der Waals surface area contributed by atoms with Gasteiger partial charge in [-0.25, -0.2) is 0 Å². The number of aryl methyl sites for hydroxylation is 2. The Hall–Kier alpha value is -1.55. The van der Waals surface area contributed by atoms with Gasteiger partial charge in [-0.15, -0.1) is 0 Å². The zero-order valence-electron chi connectivity index (χ0n) is 13.8. The highest BCUT2D eigenvalue weighted by Gasteiger charge is 2.32. The quantitative estimate of drug-likeness (QED) is 0.774. The van der Waals surface area contributed by atoms with Crippen molar-refractivity contribution in [3.63, 3.8) is 0 Å². The highest BCUT2D eigenvalue weighted by molar-refractivity contribution is 5.84. The number of carbonyl (C=O) groups is 1. The summed E-state index contributed by atoms with van der Waals surface area (Å²) in [4.78, 5) is 11.7. The molecule has 21 heavy (non-hydrogen) atoms. The predicted octanol–water partition coefficient (Wildman–Crippen LogP) is 2.70. The molecule has 0 aliphatic carbocycles. The first-order chi connectivity index (χ1) is 9.78. The molecule has 0 aliphatic heterocycles. The number of hydrogen-bond acceptors (Lipinski definition) is 3. The van der Waals surface area contributed by atoms with E-state index >= 15 is 0 Å². The number of primary amides is 1. The molecule has 0 spiro atoms. The Bertz CT molecular complexity index is 488. The Balaban J connectivity index is 2.73. The summed E-state index contributed by atoms with van der Waals surface area (Å²) in [5, 5.41) is 3.23. The van der Waals surface area contributed by atoms with Crippen molar-refractivity contribution in [3.05, 3.63) is 29.3 Å². The van der Waals surface area contributed by atoms with Gasteiger partial charge in [-0.1, -0.05) is 24.6 Å². The number of rotatable bonds is 8. The number of carbonyl (C=O) groups excluding carboxylic acids is 1. The molecule has 0 fully saturated rings. The van der Waals surface area contributed by atoms with E-state index in [4.69, 9.17) is 10.5 Å². The van der Waals surface area contributed by atoms with Crippen molar-refractivity contribution < 1.29 is 9.53 Å². The first-order valence-electron chi connectivity index (χ1n) is 7.57. The highest BCUT2D eigenvalue weighted by atomic mass is 16.5. The molecule has 2 atom stereocenters. The van der Waals surface area contributed by atoms with Crippen LogP contribution in [0.4, 0.5) is 0 Å². The van der Waals surface area contributed by atoms with Gasteiger partial charge in [0.2, 0.25) is 5.91 Å². The summed E-state index contributed by atoms with van der Waals surface area (Å²) in [6.45, 7) is 10.7. The van der Waals surface area contributed by atoms with Gasteiger partial charge in [-0.3, -0.25) is 4.79 Å². The standard InChI is InChI=1S/C17H28N2O2/c1-6-9-19-17(5,16(18)20)11-14(4)21-15-8-7-12(2)10-13(15)3/h7-8,10,14,19H,6,9,11H2,1-5H3,(H2,18,20). The molecule has 0 aliphatic rings. The van der Waals surface area contributed by atoms with Crippen molar-refractivity contribution in [2.45, 2.75) is 59.1 Å². The molecule has 1 aromatic rings. The van der Waals surface area contributed by atoms with Crippen LogP contribution in [0.5, 0.6) is 5.75 Å². The van der Waals surface area contributed by atoms with Gasteiger partial charge in [0.1, 0.15) is 5.75 Å². The zero-order valence-corrected chi connectivity index (χ0v) is 13.8.